The zero-order chi connectivity index (χ0) is 45.2. The number of hydrogen-bond acceptors (Lipinski definition) is 10. The molecule has 0 spiro atoms. The summed E-state index contributed by atoms with van der Waals surface area (Å²) < 4.78 is 19.7. The van der Waals surface area contributed by atoms with Gasteiger partial charge < -0.3 is 13.3 Å². The van der Waals surface area contributed by atoms with Crippen molar-refractivity contribution in [1.29, 1.82) is 0 Å². The van der Waals surface area contributed by atoms with Crippen molar-refractivity contribution in [2.45, 2.75) is 0 Å². The molecule has 15 rings (SSSR count). The number of hydrogen-bond donors (Lipinski definition) is 0. The molecule has 10 aromatic carbocycles. The molecule has 0 aliphatic carbocycles. The Labute approximate surface area is 390 Å². The maximum atomic E-state index is 6.74. The largest absolute Gasteiger partial charge is 0.456 e. The highest BCUT2D eigenvalue weighted by molar-refractivity contribution is 6.17. The first kappa shape index (κ1) is 37.5. The van der Waals surface area contributed by atoms with Gasteiger partial charge in [0.05, 0.1) is 22.7 Å². The number of aromatic nitrogens is 5. The summed E-state index contributed by atoms with van der Waals surface area (Å²) in [6, 6.07) is 68.6. The van der Waals surface area contributed by atoms with Gasteiger partial charge in [0.15, 0.2) is 22.4 Å². The first-order chi connectivity index (χ1) is 34.2. The predicted octanol–water partition coefficient (Wildman–Crippen LogP) is 15.9. The smallest absolute Gasteiger partial charge is 0.257 e. The normalized spacial score (nSPS) is 12.1. The standard InChI is InChI=1S/C59H33N7O3/c1-5-17-40-34(13-1)29-35-14-2-6-18-41(35)56(40)65(38-25-27-46-44-21-9-11-23-48(44)67-50(46)31-38)53-33-52-54(62-61-53)55-58(69-52)60-59(64-63-55)66(39-26-28-47-45-22-10-12-24-49(45)68-51(47)32-39)57-42-19-7-3-15-36(42)30-37-16-4-8-20-43(37)57/h1-33H. The van der Waals surface area contributed by atoms with Gasteiger partial charge in [0.1, 0.15) is 22.3 Å². The number of furan rings is 3. The Morgan fingerprint density at radius 1 is 0.304 bits per heavy atom. The molecule has 0 fully saturated rings. The molecule has 0 atom stereocenters. The van der Waals surface area contributed by atoms with Crippen LogP contribution >= 0.6 is 0 Å². The molecule has 0 N–H and O–H groups in total. The Kier molecular flexibility index (Phi) is 7.84. The molecule has 0 aliphatic heterocycles. The molecule has 322 valence electrons. The summed E-state index contributed by atoms with van der Waals surface area (Å²) in [7, 11) is 0. The summed E-state index contributed by atoms with van der Waals surface area (Å²) in [5.41, 5.74) is 8.20. The van der Waals surface area contributed by atoms with Gasteiger partial charge in [0, 0.05) is 61.3 Å². The van der Waals surface area contributed by atoms with Gasteiger partial charge in [-0.05, 0) is 70.1 Å². The Hall–Kier alpha value is -9.67. The van der Waals surface area contributed by atoms with Crippen molar-refractivity contribution < 1.29 is 13.3 Å². The van der Waals surface area contributed by atoms with E-state index in [9.17, 15) is 0 Å². The molecule has 5 heterocycles. The van der Waals surface area contributed by atoms with Gasteiger partial charge in [-0.2, -0.15) is 4.98 Å². The fourth-order valence-corrected chi connectivity index (χ4v) is 10.3. The van der Waals surface area contributed by atoms with Gasteiger partial charge in [0.2, 0.25) is 0 Å². The highest BCUT2D eigenvalue weighted by atomic mass is 16.3. The third kappa shape index (κ3) is 5.69. The number of benzene rings is 10. The lowest BCUT2D eigenvalue weighted by Crippen LogP contribution is -2.15. The fourth-order valence-electron chi connectivity index (χ4n) is 10.3. The quantitative estimate of drug-likeness (QED) is 0.150. The molecule has 0 saturated carbocycles. The highest BCUT2D eigenvalue weighted by Crippen LogP contribution is 2.47. The molecule has 69 heavy (non-hydrogen) atoms. The second-order valence-electron chi connectivity index (χ2n) is 17.3. The van der Waals surface area contributed by atoms with E-state index in [0.29, 0.717) is 28.4 Å². The fraction of sp³-hybridized carbons (Fsp3) is 0. The van der Waals surface area contributed by atoms with Crippen molar-refractivity contribution >= 4 is 144 Å². The zero-order valence-electron chi connectivity index (χ0n) is 36.4. The molecule has 0 aliphatic rings. The number of para-hydroxylation sites is 2. The summed E-state index contributed by atoms with van der Waals surface area (Å²) in [5.74, 6) is 0.851. The lowest BCUT2D eigenvalue weighted by Gasteiger charge is -2.26. The SMILES string of the molecule is c1ccc2c(N(c3ccc4c(c3)oc3ccccc34)c3cc4oc5nc(N(c6ccc7c(c6)oc6ccccc67)c6c7ccccc7cc7ccccc67)nnc5c4nn3)c3ccccc3cc2c1. The van der Waals surface area contributed by atoms with Crippen LogP contribution in [-0.2, 0) is 0 Å². The van der Waals surface area contributed by atoms with Crippen LogP contribution in [0.4, 0.5) is 34.5 Å². The van der Waals surface area contributed by atoms with Crippen LogP contribution < -0.4 is 9.80 Å². The Balaban J connectivity index is 0.949. The van der Waals surface area contributed by atoms with Crippen LogP contribution in [0.3, 0.4) is 0 Å². The van der Waals surface area contributed by atoms with E-state index < -0.39 is 0 Å². The number of nitrogens with zero attached hydrogens (tertiary/aromatic N) is 7. The van der Waals surface area contributed by atoms with E-state index in [2.05, 4.69) is 161 Å². The van der Waals surface area contributed by atoms with Crippen molar-refractivity contribution in [1.82, 2.24) is 25.4 Å². The van der Waals surface area contributed by atoms with Crippen LogP contribution in [0.5, 0.6) is 0 Å². The van der Waals surface area contributed by atoms with Gasteiger partial charge in [0.25, 0.3) is 11.7 Å². The average molecular weight is 888 g/mol. The van der Waals surface area contributed by atoms with E-state index in [1.54, 1.807) is 0 Å². The van der Waals surface area contributed by atoms with Gasteiger partial charge in [-0.1, -0.05) is 133 Å². The van der Waals surface area contributed by atoms with Gasteiger partial charge in [-0.15, -0.1) is 20.4 Å². The lowest BCUT2D eigenvalue weighted by atomic mass is 9.99. The lowest BCUT2D eigenvalue weighted by molar-refractivity contribution is 0.649. The Bertz CT molecular complexity index is 4210. The molecular formula is C59H33N7O3. The second kappa shape index (κ2) is 14.4. The number of rotatable bonds is 6. The van der Waals surface area contributed by atoms with Crippen LogP contribution in [0, 0.1) is 0 Å². The van der Waals surface area contributed by atoms with Crippen LogP contribution in [-0.4, -0.2) is 25.4 Å². The third-order valence-electron chi connectivity index (χ3n) is 13.4. The van der Waals surface area contributed by atoms with Crippen molar-refractivity contribution in [2.24, 2.45) is 0 Å². The molecule has 0 unspecified atom stereocenters. The van der Waals surface area contributed by atoms with E-state index in [1.807, 2.05) is 48.5 Å². The monoisotopic (exact) mass is 887 g/mol. The van der Waals surface area contributed by atoms with E-state index in [-0.39, 0.29) is 5.71 Å². The average Bonchev–Trinajstić information content (AvgIpc) is 4.09. The maximum absolute atomic E-state index is 6.74. The van der Waals surface area contributed by atoms with Crippen molar-refractivity contribution in [3.8, 4) is 0 Å². The summed E-state index contributed by atoms with van der Waals surface area (Å²) >= 11 is 0. The Morgan fingerprint density at radius 2 is 0.739 bits per heavy atom. The summed E-state index contributed by atoms with van der Waals surface area (Å²) in [6.45, 7) is 0. The first-order valence-corrected chi connectivity index (χ1v) is 22.7. The van der Waals surface area contributed by atoms with Crippen LogP contribution in [0.25, 0.3) is 109 Å². The van der Waals surface area contributed by atoms with Crippen molar-refractivity contribution in [3.05, 3.63) is 200 Å². The van der Waals surface area contributed by atoms with E-state index in [4.69, 9.17) is 38.6 Å². The maximum Gasteiger partial charge on any atom is 0.257 e. The summed E-state index contributed by atoms with van der Waals surface area (Å²) in [6.07, 6.45) is 0. The van der Waals surface area contributed by atoms with E-state index >= 15 is 0 Å². The molecule has 10 nitrogen and oxygen atoms in total. The zero-order valence-corrected chi connectivity index (χ0v) is 36.4. The van der Waals surface area contributed by atoms with E-state index in [1.165, 1.54) is 0 Å². The van der Waals surface area contributed by atoms with Crippen molar-refractivity contribution in [2.75, 3.05) is 9.80 Å². The predicted molar refractivity (Wildman–Crippen MR) is 277 cm³/mol. The minimum atomic E-state index is 0.270. The minimum Gasteiger partial charge on any atom is -0.456 e. The molecule has 10 heteroatoms. The summed E-state index contributed by atoms with van der Waals surface area (Å²) in [5, 5.41) is 32.1. The molecule has 15 aromatic rings. The Morgan fingerprint density at radius 3 is 1.28 bits per heavy atom. The number of fused-ring (bicyclic) bond motifs is 13. The summed E-state index contributed by atoms with van der Waals surface area (Å²) in [4.78, 5) is 9.38. The topological polar surface area (TPSA) is 110 Å². The molecule has 5 aromatic heterocycles. The molecular weight excluding hydrogens is 855 g/mol. The molecule has 0 bridgehead atoms. The van der Waals surface area contributed by atoms with E-state index in [0.717, 1.165) is 110 Å². The van der Waals surface area contributed by atoms with Gasteiger partial charge >= 0.3 is 0 Å². The molecule has 0 saturated heterocycles. The van der Waals surface area contributed by atoms with Crippen LogP contribution in [0.2, 0.25) is 0 Å². The first-order valence-electron chi connectivity index (χ1n) is 22.7. The van der Waals surface area contributed by atoms with Gasteiger partial charge in [-0.25, -0.2) is 0 Å². The highest BCUT2D eigenvalue weighted by Gasteiger charge is 2.27. The molecule has 0 radical (unpaired) electrons. The minimum absolute atomic E-state index is 0.270. The second-order valence-corrected chi connectivity index (χ2v) is 17.3. The number of anilines is 6. The van der Waals surface area contributed by atoms with Crippen molar-refractivity contribution in [3.63, 3.8) is 0 Å². The van der Waals surface area contributed by atoms with Gasteiger partial charge in [-0.3, -0.25) is 9.80 Å². The molecule has 0 amide bonds. The van der Waals surface area contributed by atoms with Crippen LogP contribution in [0.1, 0.15) is 0 Å². The third-order valence-corrected chi connectivity index (χ3v) is 13.4. The van der Waals surface area contributed by atoms with Crippen LogP contribution in [0.15, 0.2) is 213 Å².